The Labute approximate surface area is 107 Å². The number of hydrogen-bond donors (Lipinski definition) is 1. The molecular formula is C14H19N3O. The van der Waals surface area contributed by atoms with E-state index in [0.29, 0.717) is 0 Å². The van der Waals surface area contributed by atoms with Crippen LogP contribution in [0.5, 0.6) is 5.75 Å². The number of pyridine rings is 1. The van der Waals surface area contributed by atoms with Crippen molar-refractivity contribution < 1.29 is 4.74 Å². The number of aromatic amines is 1. The molecule has 1 N–H and O–H groups in total. The SMILES string of the molecule is COc1cnc2[nH]c3c(c2c1)CC(C)(C)N(C)C3. The van der Waals surface area contributed by atoms with E-state index < -0.39 is 0 Å². The molecule has 4 nitrogen and oxygen atoms in total. The molecular weight excluding hydrogens is 226 g/mol. The van der Waals surface area contributed by atoms with Crippen molar-refractivity contribution in [3.63, 3.8) is 0 Å². The quantitative estimate of drug-likeness (QED) is 0.838. The van der Waals surface area contributed by atoms with Crippen molar-refractivity contribution >= 4 is 11.0 Å². The molecule has 0 amide bonds. The second kappa shape index (κ2) is 3.72. The maximum atomic E-state index is 5.27. The molecule has 0 aromatic carbocycles. The Hall–Kier alpha value is -1.55. The van der Waals surface area contributed by atoms with Gasteiger partial charge in [0.05, 0.1) is 13.3 Å². The number of aromatic nitrogens is 2. The van der Waals surface area contributed by atoms with Crippen molar-refractivity contribution in [1.82, 2.24) is 14.9 Å². The highest BCUT2D eigenvalue weighted by molar-refractivity contribution is 5.83. The number of H-pyrrole nitrogens is 1. The summed E-state index contributed by atoms with van der Waals surface area (Å²) in [7, 11) is 3.85. The van der Waals surface area contributed by atoms with Crippen molar-refractivity contribution in [1.29, 1.82) is 0 Å². The number of methoxy groups -OCH3 is 1. The summed E-state index contributed by atoms with van der Waals surface area (Å²) in [6, 6.07) is 2.08. The van der Waals surface area contributed by atoms with E-state index in [1.807, 2.05) is 0 Å². The summed E-state index contributed by atoms with van der Waals surface area (Å²) in [5.41, 5.74) is 3.82. The molecule has 0 aliphatic carbocycles. The Kier molecular flexibility index (Phi) is 2.38. The topological polar surface area (TPSA) is 41.1 Å². The standard InChI is InChI=1S/C14H19N3O/c1-14(2)6-11-10-5-9(18-4)7-15-13(10)16-12(11)8-17(14)3/h5,7H,6,8H2,1-4H3,(H,15,16). The van der Waals surface area contributed by atoms with Gasteiger partial charge in [0, 0.05) is 23.2 Å². The molecule has 2 aromatic heterocycles. The van der Waals surface area contributed by atoms with Gasteiger partial charge in [0.15, 0.2) is 0 Å². The van der Waals surface area contributed by atoms with Crippen molar-refractivity contribution in [3.8, 4) is 5.75 Å². The van der Waals surface area contributed by atoms with Crippen LogP contribution in [-0.2, 0) is 13.0 Å². The summed E-state index contributed by atoms with van der Waals surface area (Å²) in [5, 5.41) is 1.20. The molecule has 0 fully saturated rings. The zero-order valence-corrected chi connectivity index (χ0v) is 11.4. The Morgan fingerprint density at radius 3 is 2.94 bits per heavy atom. The van der Waals surface area contributed by atoms with Gasteiger partial charge in [0.25, 0.3) is 0 Å². The van der Waals surface area contributed by atoms with E-state index in [1.54, 1.807) is 13.3 Å². The van der Waals surface area contributed by atoms with Gasteiger partial charge in [-0.2, -0.15) is 0 Å². The maximum Gasteiger partial charge on any atom is 0.138 e. The minimum absolute atomic E-state index is 0.186. The first-order valence-corrected chi connectivity index (χ1v) is 6.26. The third-order valence-corrected chi connectivity index (χ3v) is 4.10. The van der Waals surface area contributed by atoms with Crippen LogP contribution >= 0.6 is 0 Å². The van der Waals surface area contributed by atoms with Crippen molar-refractivity contribution in [2.24, 2.45) is 0 Å². The molecule has 0 radical (unpaired) electrons. The lowest BCUT2D eigenvalue weighted by Crippen LogP contribution is -2.45. The first-order chi connectivity index (χ1) is 8.51. The van der Waals surface area contributed by atoms with Gasteiger partial charge < -0.3 is 9.72 Å². The van der Waals surface area contributed by atoms with Gasteiger partial charge in [0.1, 0.15) is 11.4 Å². The molecule has 18 heavy (non-hydrogen) atoms. The summed E-state index contributed by atoms with van der Waals surface area (Å²) < 4.78 is 5.27. The molecule has 0 saturated heterocycles. The molecule has 3 rings (SSSR count). The van der Waals surface area contributed by atoms with Gasteiger partial charge in [-0.25, -0.2) is 4.98 Å². The minimum atomic E-state index is 0.186. The van der Waals surface area contributed by atoms with Crippen molar-refractivity contribution in [3.05, 3.63) is 23.5 Å². The lowest BCUT2D eigenvalue weighted by atomic mass is 9.88. The molecule has 1 aliphatic heterocycles. The smallest absolute Gasteiger partial charge is 0.138 e. The van der Waals surface area contributed by atoms with E-state index in [-0.39, 0.29) is 5.54 Å². The Balaban J connectivity index is 2.18. The molecule has 1 aliphatic rings. The van der Waals surface area contributed by atoms with Crippen molar-refractivity contribution in [2.75, 3.05) is 14.2 Å². The van der Waals surface area contributed by atoms with E-state index in [9.17, 15) is 0 Å². The maximum absolute atomic E-state index is 5.27. The molecule has 0 unspecified atom stereocenters. The van der Waals surface area contributed by atoms with Crippen LogP contribution in [0.2, 0.25) is 0 Å². The summed E-state index contributed by atoms with van der Waals surface area (Å²) in [4.78, 5) is 10.2. The summed E-state index contributed by atoms with van der Waals surface area (Å²) in [6.07, 6.45) is 2.80. The van der Waals surface area contributed by atoms with Gasteiger partial charge in [-0.3, -0.25) is 4.90 Å². The summed E-state index contributed by atoms with van der Waals surface area (Å²) in [5.74, 6) is 0.820. The number of likely N-dealkylation sites (N-methyl/N-ethyl adjacent to an activating group) is 1. The van der Waals surface area contributed by atoms with Gasteiger partial charge in [-0.1, -0.05) is 0 Å². The van der Waals surface area contributed by atoms with Gasteiger partial charge >= 0.3 is 0 Å². The molecule has 4 heteroatoms. The lowest BCUT2D eigenvalue weighted by Gasteiger charge is -2.39. The van der Waals surface area contributed by atoms with Crippen LogP contribution in [0.3, 0.4) is 0 Å². The third-order valence-electron chi connectivity index (χ3n) is 4.10. The van der Waals surface area contributed by atoms with E-state index in [1.165, 1.54) is 16.6 Å². The number of nitrogens with one attached hydrogen (secondary N) is 1. The average Bonchev–Trinajstić information content (AvgIpc) is 2.66. The first-order valence-electron chi connectivity index (χ1n) is 6.26. The second-order valence-corrected chi connectivity index (χ2v) is 5.70. The predicted molar refractivity (Wildman–Crippen MR) is 71.9 cm³/mol. The number of nitrogens with zero attached hydrogens (tertiary/aromatic N) is 2. The molecule has 0 saturated carbocycles. The Morgan fingerprint density at radius 2 is 2.22 bits per heavy atom. The monoisotopic (exact) mass is 245 g/mol. The fourth-order valence-corrected chi connectivity index (χ4v) is 2.62. The van der Waals surface area contributed by atoms with E-state index >= 15 is 0 Å². The zero-order valence-electron chi connectivity index (χ0n) is 11.4. The summed E-state index contributed by atoms with van der Waals surface area (Å²) in [6.45, 7) is 5.51. The fourth-order valence-electron chi connectivity index (χ4n) is 2.62. The minimum Gasteiger partial charge on any atom is -0.495 e. The van der Waals surface area contributed by atoms with Gasteiger partial charge in [-0.15, -0.1) is 0 Å². The van der Waals surface area contributed by atoms with E-state index in [2.05, 4.69) is 41.8 Å². The van der Waals surface area contributed by atoms with Crippen LogP contribution in [-0.4, -0.2) is 34.6 Å². The molecule has 3 heterocycles. The fraction of sp³-hybridized carbons (Fsp3) is 0.500. The Bertz CT molecular complexity index is 600. The number of hydrogen-bond acceptors (Lipinski definition) is 3. The Morgan fingerprint density at radius 1 is 1.44 bits per heavy atom. The van der Waals surface area contributed by atoms with Gasteiger partial charge in [-0.05, 0) is 38.9 Å². The zero-order chi connectivity index (χ0) is 12.9. The highest BCUT2D eigenvalue weighted by Gasteiger charge is 2.32. The van der Waals surface area contributed by atoms with Crippen LogP contribution in [0.25, 0.3) is 11.0 Å². The van der Waals surface area contributed by atoms with Crippen molar-refractivity contribution in [2.45, 2.75) is 32.4 Å². The van der Waals surface area contributed by atoms with E-state index in [4.69, 9.17) is 4.74 Å². The molecule has 0 atom stereocenters. The van der Waals surface area contributed by atoms with Gasteiger partial charge in [0.2, 0.25) is 0 Å². The second-order valence-electron chi connectivity index (χ2n) is 5.70. The predicted octanol–water partition coefficient (Wildman–Crippen LogP) is 2.34. The lowest BCUT2D eigenvalue weighted by molar-refractivity contribution is 0.132. The van der Waals surface area contributed by atoms with Crippen LogP contribution in [0.1, 0.15) is 25.1 Å². The normalized spacial score (nSPS) is 18.9. The van der Waals surface area contributed by atoms with Crippen LogP contribution < -0.4 is 4.74 Å². The molecule has 0 bridgehead atoms. The first kappa shape index (κ1) is 11.5. The summed E-state index contributed by atoms with van der Waals surface area (Å²) >= 11 is 0. The largest absolute Gasteiger partial charge is 0.495 e. The number of rotatable bonds is 1. The number of fused-ring (bicyclic) bond motifs is 3. The number of ether oxygens (including phenoxy) is 1. The molecule has 0 spiro atoms. The van der Waals surface area contributed by atoms with Crippen LogP contribution in [0, 0.1) is 0 Å². The van der Waals surface area contributed by atoms with Crippen LogP contribution in [0.4, 0.5) is 0 Å². The van der Waals surface area contributed by atoms with Crippen LogP contribution in [0.15, 0.2) is 12.3 Å². The third kappa shape index (κ3) is 1.60. The van der Waals surface area contributed by atoms with E-state index in [0.717, 1.165) is 24.4 Å². The molecule has 96 valence electrons. The average molecular weight is 245 g/mol. The highest BCUT2D eigenvalue weighted by Crippen LogP contribution is 2.34. The molecule has 2 aromatic rings. The highest BCUT2D eigenvalue weighted by atomic mass is 16.5.